The van der Waals surface area contributed by atoms with Crippen LogP contribution in [0.4, 0.5) is 30.6 Å². The molecule has 3 saturated heterocycles. The van der Waals surface area contributed by atoms with E-state index in [1.807, 2.05) is 62.4 Å². The van der Waals surface area contributed by atoms with Crippen molar-refractivity contribution in [3.05, 3.63) is 96.6 Å². The van der Waals surface area contributed by atoms with Crippen molar-refractivity contribution in [2.75, 3.05) is 60.6 Å². The molecule has 0 bridgehead atoms. The molecule has 0 radical (unpaired) electrons. The summed E-state index contributed by atoms with van der Waals surface area (Å²) in [5.74, 6) is -0.958. The minimum atomic E-state index is -1.24. The van der Waals surface area contributed by atoms with Gasteiger partial charge in [-0.15, -0.1) is 0 Å². The first kappa shape index (κ1) is 32.5. The summed E-state index contributed by atoms with van der Waals surface area (Å²) < 4.78 is 48.2. The van der Waals surface area contributed by atoms with Crippen LogP contribution in [0.1, 0.15) is 19.4 Å². The molecule has 49 heavy (non-hydrogen) atoms. The van der Waals surface area contributed by atoms with E-state index in [0.29, 0.717) is 11.4 Å². The third-order valence-corrected chi connectivity index (χ3v) is 9.08. The van der Waals surface area contributed by atoms with Crippen molar-refractivity contribution in [2.45, 2.75) is 38.3 Å². The number of nitrogens with zero attached hydrogens (tertiary/aromatic N) is 7. The fourth-order valence-electron chi connectivity index (χ4n) is 6.58. The molecule has 3 aliphatic heterocycles. The topological polar surface area (TPSA) is 106 Å². The molecule has 0 saturated carbocycles. The Kier molecular flexibility index (Phi) is 8.90. The van der Waals surface area contributed by atoms with Crippen LogP contribution >= 0.6 is 0 Å². The number of rotatable bonds is 10. The van der Waals surface area contributed by atoms with E-state index in [1.165, 1.54) is 39.3 Å². The number of piperazine rings is 1. The zero-order chi connectivity index (χ0) is 34.1. The maximum Gasteiger partial charge on any atom is 0.331 e. The maximum atomic E-state index is 14.9. The highest BCUT2D eigenvalue weighted by atomic mass is 19.1. The quantitative estimate of drug-likeness (QED) is 0.227. The molecule has 3 aromatic carbocycles. The number of ether oxygens (including phenoxy) is 3. The van der Waals surface area contributed by atoms with Gasteiger partial charge in [-0.25, -0.2) is 23.2 Å². The first-order valence-corrected chi connectivity index (χ1v) is 16.2. The van der Waals surface area contributed by atoms with E-state index in [0.717, 1.165) is 43.6 Å². The van der Waals surface area contributed by atoms with Gasteiger partial charge in [-0.2, -0.15) is 5.10 Å². The van der Waals surface area contributed by atoms with E-state index in [2.05, 4.69) is 19.9 Å². The van der Waals surface area contributed by atoms with Crippen LogP contribution in [0.2, 0.25) is 0 Å². The summed E-state index contributed by atoms with van der Waals surface area (Å²) in [6.45, 7) is 7.23. The number of urea groups is 1. The molecule has 4 aromatic rings. The lowest BCUT2D eigenvalue weighted by Crippen LogP contribution is -2.46. The van der Waals surface area contributed by atoms with Crippen LogP contribution in [-0.2, 0) is 26.4 Å². The van der Waals surface area contributed by atoms with Crippen molar-refractivity contribution >= 4 is 29.0 Å². The Balaban J connectivity index is 0.917. The monoisotopic (exact) mass is 673 g/mol. The van der Waals surface area contributed by atoms with Gasteiger partial charge < -0.3 is 24.0 Å². The summed E-state index contributed by atoms with van der Waals surface area (Å²) in [5, 5.41) is 4.12. The van der Waals surface area contributed by atoms with Gasteiger partial charge in [-0.05, 0) is 68.4 Å². The molecule has 7 rings (SSSR count). The Morgan fingerprint density at radius 3 is 2.16 bits per heavy atom. The minimum Gasteiger partial charge on any atom is -0.488 e. The lowest BCUT2D eigenvalue weighted by Gasteiger charge is -2.37. The molecule has 3 aliphatic rings. The average molecular weight is 674 g/mol. The van der Waals surface area contributed by atoms with Gasteiger partial charge in [-0.1, -0.05) is 6.07 Å². The third-order valence-electron chi connectivity index (χ3n) is 9.08. The predicted molar refractivity (Wildman–Crippen MR) is 176 cm³/mol. The van der Waals surface area contributed by atoms with Crippen molar-refractivity contribution in [3.63, 3.8) is 0 Å². The number of anilines is 3. The van der Waals surface area contributed by atoms with Crippen LogP contribution in [0, 0.1) is 11.6 Å². The summed E-state index contributed by atoms with van der Waals surface area (Å²) in [7, 11) is 0. The lowest BCUT2D eigenvalue weighted by atomic mass is 9.94. The molecule has 0 spiro atoms. The van der Waals surface area contributed by atoms with Gasteiger partial charge in [0.05, 0.1) is 13.2 Å². The average Bonchev–Trinajstić information content (AvgIpc) is 3.84. The van der Waals surface area contributed by atoms with Crippen molar-refractivity contribution in [1.82, 2.24) is 19.7 Å². The highest BCUT2D eigenvalue weighted by molar-refractivity contribution is 6.12. The first-order chi connectivity index (χ1) is 23.7. The second kappa shape index (κ2) is 13.4. The van der Waals surface area contributed by atoms with Crippen LogP contribution in [0.3, 0.4) is 0 Å². The zero-order valence-electron chi connectivity index (χ0n) is 27.2. The molecular formula is C35H37F2N7O5. The molecule has 3 amide bonds. The minimum absolute atomic E-state index is 0.0225. The van der Waals surface area contributed by atoms with Gasteiger partial charge in [0.15, 0.2) is 6.29 Å². The number of imide groups is 1. The van der Waals surface area contributed by atoms with Crippen LogP contribution in [-0.4, -0.2) is 89.9 Å². The number of carbonyl (C=O) groups is 2. The third kappa shape index (κ3) is 6.65. The summed E-state index contributed by atoms with van der Waals surface area (Å²) in [6, 6.07) is 18.5. The molecule has 0 unspecified atom stereocenters. The van der Waals surface area contributed by atoms with Crippen LogP contribution < -0.4 is 19.4 Å². The fourth-order valence-corrected chi connectivity index (χ4v) is 6.58. The summed E-state index contributed by atoms with van der Waals surface area (Å²) >= 11 is 0. The smallest absolute Gasteiger partial charge is 0.331 e. The lowest BCUT2D eigenvalue weighted by molar-refractivity contribution is -0.126. The Labute approximate surface area is 282 Å². The number of halogens is 2. The molecule has 3 fully saturated rings. The summed E-state index contributed by atoms with van der Waals surface area (Å²) in [6.07, 6.45) is 2.08. The van der Waals surface area contributed by atoms with Crippen molar-refractivity contribution in [3.8, 4) is 5.75 Å². The Hall–Kier alpha value is -5.08. The Bertz CT molecular complexity index is 1780. The zero-order valence-corrected chi connectivity index (χ0v) is 27.2. The molecular weight excluding hydrogens is 636 g/mol. The van der Waals surface area contributed by atoms with Crippen molar-refractivity contribution < 1.29 is 32.6 Å². The second-order valence-electron chi connectivity index (χ2n) is 12.6. The van der Waals surface area contributed by atoms with E-state index in [9.17, 15) is 18.4 Å². The molecule has 0 N–H and O–H groups in total. The second-order valence-corrected chi connectivity index (χ2v) is 12.6. The van der Waals surface area contributed by atoms with Gasteiger partial charge in [0.2, 0.25) is 0 Å². The van der Waals surface area contributed by atoms with Crippen LogP contribution in [0.15, 0.2) is 79.4 Å². The molecule has 12 nitrogen and oxygen atoms in total. The van der Waals surface area contributed by atoms with E-state index in [1.54, 1.807) is 0 Å². The SMILES string of the molecule is CC(C)N1C(=O)CN(c2ccc(N3CCN(c4ccc(OC[C@H]5OC[C@](Cn6cncn6)(c6ccc(F)cc6F)O5)cc4)CC3)cc2)C1=O. The van der Waals surface area contributed by atoms with Gasteiger partial charge in [0, 0.05) is 60.9 Å². The van der Waals surface area contributed by atoms with Crippen molar-refractivity contribution in [2.24, 2.45) is 0 Å². The molecule has 1 aromatic heterocycles. The Morgan fingerprint density at radius 2 is 1.57 bits per heavy atom. The van der Waals surface area contributed by atoms with Gasteiger partial charge in [0.25, 0.3) is 5.91 Å². The molecule has 256 valence electrons. The normalized spacial score (nSPS) is 21.4. The van der Waals surface area contributed by atoms with Gasteiger partial charge in [0.1, 0.15) is 48.8 Å². The molecule has 0 aliphatic carbocycles. The van der Waals surface area contributed by atoms with E-state index < -0.39 is 23.5 Å². The molecule has 2 atom stereocenters. The predicted octanol–water partition coefficient (Wildman–Crippen LogP) is 4.41. The highest BCUT2D eigenvalue weighted by Crippen LogP contribution is 2.37. The Morgan fingerprint density at radius 1 is 0.918 bits per heavy atom. The number of carbonyl (C=O) groups excluding carboxylic acids is 2. The fraction of sp³-hybridized carbons (Fsp3) is 0.371. The standard InChI is InChI=1S/C35H37F2N7O5/c1-24(2)44-32(45)18-43(34(44)46)28-6-4-26(5-7-28)40-13-15-41(16-14-40)27-8-10-29(11-9-27)47-19-33-48-21-35(49-33,20-42-23-38-22-39-42)30-12-3-25(36)17-31(30)37/h3-12,17,22-24,33H,13-16,18-21H2,1-2H3/t33-,35+/m0/s1. The molecule has 14 heteroatoms. The number of hydrogen-bond donors (Lipinski definition) is 0. The van der Waals surface area contributed by atoms with Gasteiger partial charge in [-0.3, -0.25) is 14.6 Å². The molecule has 4 heterocycles. The van der Waals surface area contributed by atoms with Gasteiger partial charge >= 0.3 is 6.03 Å². The number of amides is 3. The van der Waals surface area contributed by atoms with Crippen LogP contribution in [0.5, 0.6) is 5.75 Å². The van der Waals surface area contributed by atoms with E-state index in [-0.39, 0.29) is 49.8 Å². The first-order valence-electron chi connectivity index (χ1n) is 16.2. The largest absolute Gasteiger partial charge is 0.488 e. The number of aromatic nitrogens is 3. The number of hydrogen-bond acceptors (Lipinski definition) is 9. The maximum absolute atomic E-state index is 14.9. The van der Waals surface area contributed by atoms with Crippen LogP contribution in [0.25, 0.3) is 0 Å². The number of benzene rings is 3. The summed E-state index contributed by atoms with van der Waals surface area (Å²) in [5.41, 5.74) is 1.78. The summed E-state index contributed by atoms with van der Waals surface area (Å²) in [4.78, 5) is 36.4. The highest BCUT2D eigenvalue weighted by Gasteiger charge is 2.46. The van der Waals surface area contributed by atoms with E-state index >= 15 is 0 Å². The van der Waals surface area contributed by atoms with Crippen molar-refractivity contribution in [1.29, 1.82) is 0 Å². The van der Waals surface area contributed by atoms with E-state index in [4.69, 9.17) is 14.2 Å².